The third kappa shape index (κ3) is 3.45. The second-order valence-electron chi connectivity index (χ2n) is 5.17. The average Bonchev–Trinajstić information content (AvgIpc) is 2.56. The Morgan fingerprint density at radius 2 is 1.73 bits per heavy atom. The van der Waals surface area contributed by atoms with E-state index >= 15 is 0 Å². The summed E-state index contributed by atoms with van der Waals surface area (Å²) in [5.74, 6) is -0.965. The number of aromatic nitrogens is 3. The van der Waals surface area contributed by atoms with Crippen LogP contribution in [0.25, 0.3) is 11.0 Å². The molecular formula is C15H8ClF3N4O3. The van der Waals surface area contributed by atoms with Gasteiger partial charge in [-0.2, -0.15) is 13.2 Å². The number of anilines is 1. The summed E-state index contributed by atoms with van der Waals surface area (Å²) in [5, 5.41) is 1.90. The van der Waals surface area contributed by atoms with Crippen molar-refractivity contribution < 1.29 is 18.0 Å². The predicted molar refractivity (Wildman–Crippen MR) is 87.4 cm³/mol. The number of hydrogen-bond donors (Lipinski definition) is 3. The number of amides is 1. The molecule has 0 radical (unpaired) electrons. The fraction of sp³-hybridized carbons (Fsp3) is 0.0667. The molecule has 3 aromatic rings. The van der Waals surface area contributed by atoms with E-state index < -0.39 is 28.8 Å². The summed E-state index contributed by atoms with van der Waals surface area (Å²) in [4.78, 5) is 43.0. The van der Waals surface area contributed by atoms with E-state index in [0.29, 0.717) is 17.8 Å². The van der Waals surface area contributed by atoms with Crippen LogP contribution < -0.4 is 16.4 Å². The zero-order valence-corrected chi connectivity index (χ0v) is 13.3. The number of H-pyrrole nitrogens is 2. The SMILES string of the molecule is O=C(Nc1ncc(C(F)(F)F)cc1Cl)c1ccc2[nH]c(=O)c(=O)[nH]c2c1. The third-order valence-electron chi connectivity index (χ3n) is 3.38. The van der Waals surface area contributed by atoms with Crippen LogP contribution in [0.1, 0.15) is 15.9 Å². The lowest BCUT2D eigenvalue weighted by Gasteiger charge is -2.10. The Morgan fingerprint density at radius 1 is 1.08 bits per heavy atom. The first kappa shape index (κ1) is 17.7. The molecule has 1 aromatic carbocycles. The van der Waals surface area contributed by atoms with Crippen molar-refractivity contribution in [3.8, 4) is 0 Å². The van der Waals surface area contributed by atoms with Crippen LogP contribution in [0.5, 0.6) is 0 Å². The molecule has 7 nitrogen and oxygen atoms in total. The minimum Gasteiger partial charge on any atom is -0.316 e. The fourth-order valence-electron chi connectivity index (χ4n) is 2.12. The first-order chi connectivity index (χ1) is 12.1. The van der Waals surface area contributed by atoms with E-state index in [1.54, 1.807) is 0 Å². The molecule has 0 spiro atoms. The predicted octanol–water partition coefficient (Wildman–Crippen LogP) is 2.54. The molecule has 0 bridgehead atoms. The van der Waals surface area contributed by atoms with Gasteiger partial charge in [0.2, 0.25) is 0 Å². The molecule has 3 N–H and O–H groups in total. The van der Waals surface area contributed by atoms with Crippen molar-refractivity contribution in [2.24, 2.45) is 0 Å². The number of carbonyl (C=O) groups is 1. The Kier molecular flexibility index (Phi) is 4.28. The van der Waals surface area contributed by atoms with Gasteiger partial charge in [-0.15, -0.1) is 0 Å². The highest BCUT2D eigenvalue weighted by atomic mass is 35.5. The van der Waals surface area contributed by atoms with Crippen LogP contribution in [-0.2, 0) is 6.18 Å². The zero-order valence-electron chi connectivity index (χ0n) is 12.6. The van der Waals surface area contributed by atoms with E-state index in [1.807, 2.05) is 0 Å². The number of benzene rings is 1. The highest BCUT2D eigenvalue weighted by Crippen LogP contribution is 2.32. The van der Waals surface area contributed by atoms with Crippen LogP contribution in [0.15, 0.2) is 40.1 Å². The van der Waals surface area contributed by atoms with E-state index in [1.165, 1.54) is 18.2 Å². The molecule has 0 saturated heterocycles. The molecule has 0 fully saturated rings. The van der Waals surface area contributed by atoms with E-state index in [-0.39, 0.29) is 21.9 Å². The lowest BCUT2D eigenvalue weighted by atomic mass is 10.2. The largest absolute Gasteiger partial charge is 0.417 e. The summed E-state index contributed by atoms with van der Waals surface area (Å²) in [6, 6.07) is 4.68. The normalized spacial score (nSPS) is 11.5. The van der Waals surface area contributed by atoms with Crippen LogP contribution in [-0.4, -0.2) is 20.9 Å². The highest BCUT2D eigenvalue weighted by Gasteiger charge is 2.31. The van der Waals surface area contributed by atoms with Crippen molar-refractivity contribution in [3.63, 3.8) is 0 Å². The smallest absolute Gasteiger partial charge is 0.316 e. The summed E-state index contributed by atoms with van der Waals surface area (Å²) in [6.07, 6.45) is -4.07. The Hall–Kier alpha value is -3.14. The fourth-order valence-corrected chi connectivity index (χ4v) is 2.33. The first-order valence-electron chi connectivity index (χ1n) is 6.95. The number of nitrogens with one attached hydrogen (secondary N) is 3. The molecule has 1 amide bonds. The molecular weight excluding hydrogens is 377 g/mol. The van der Waals surface area contributed by atoms with Crippen molar-refractivity contribution in [1.29, 1.82) is 0 Å². The van der Waals surface area contributed by atoms with E-state index in [9.17, 15) is 27.6 Å². The maximum atomic E-state index is 12.6. The second-order valence-corrected chi connectivity index (χ2v) is 5.58. The molecule has 134 valence electrons. The number of alkyl halides is 3. The van der Waals surface area contributed by atoms with Gasteiger partial charge in [0.1, 0.15) is 0 Å². The number of pyridine rings is 1. The van der Waals surface area contributed by atoms with Gasteiger partial charge < -0.3 is 15.3 Å². The molecule has 0 saturated carbocycles. The molecule has 2 heterocycles. The van der Waals surface area contributed by atoms with Gasteiger partial charge in [0.15, 0.2) is 5.82 Å². The topological polar surface area (TPSA) is 108 Å². The summed E-state index contributed by atoms with van der Waals surface area (Å²) in [5.41, 5.74) is -2.20. The zero-order chi connectivity index (χ0) is 19.1. The van der Waals surface area contributed by atoms with Crippen molar-refractivity contribution in [3.05, 3.63) is 67.3 Å². The van der Waals surface area contributed by atoms with Crippen LogP contribution in [0, 0.1) is 0 Å². The lowest BCUT2D eigenvalue weighted by Crippen LogP contribution is -2.29. The Labute approximate surface area is 146 Å². The molecule has 0 atom stereocenters. The van der Waals surface area contributed by atoms with Gasteiger partial charge in [0.05, 0.1) is 21.6 Å². The monoisotopic (exact) mass is 384 g/mol. The van der Waals surface area contributed by atoms with Crippen molar-refractivity contribution in [1.82, 2.24) is 15.0 Å². The van der Waals surface area contributed by atoms with Gasteiger partial charge in [0.25, 0.3) is 5.91 Å². The summed E-state index contributed by atoms with van der Waals surface area (Å²) in [7, 11) is 0. The number of aromatic amines is 2. The lowest BCUT2D eigenvalue weighted by molar-refractivity contribution is -0.137. The number of rotatable bonds is 2. The number of nitrogens with zero attached hydrogens (tertiary/aromatic N) is 1. The maximum Gasteiger partial charge on any atom is 0.417 e. The number of hydrogen-bond acceptors (Lipinski definition) is 4. The number of carbonyl (C=O) groups excluding carboxylic acids is 1. The van der Waals surface area contributed by atoms with E-state index in [0.717, 1.165) is 0 Å². The van der Waals surface area contributed by atoms with Crippen molar-refractivity contribution >= 4 is 34.4 Å². The van der Waals surface area contributed by atoms with Crippen molar-refractivity contribution in [2.45, 2.75) is 6.18 Å². The second kappa shape index (κ2) is 6.30. The molecule has 0 unspecified atom stereocenters. The van der Waals surface area contributed by atoms with Gasteiger partial charge in [-0.05, 0) is 24.3 Å². The molecule has 26 heavy (non-hydrogen) atoms. The maximum absolute atomic E-state index is 12.6. The van der Waals surface area contributed by atoms with Gasteiger partial charge in [-0.25, -0.2) is 4.98 Å². The van der Waals surface area contributed by atoms with Crippen LogP contribution in [0.3, 0.4) is 0 Å². The molecule has 11 heteroatoms. The number of halogens is 4. The molecule has 0 aliphatic heterocycles. The quantitative estimate of drug-likeness (QED) is 0.590. The van der Waals surface area contributed by atoms with Gasteiger partial charge >= 0.3 is 17.3 Å². The average molecular weight is 385 g/mol. The summed E-state index contributed by atoms with van der Waals surface area (Å²) >= 11 is 5.74. The van der Waals surface area contributed by atoms with Gasteiger partial charge in [0, 0.05) is 11.8 Å². The van der Waals surface area contributed by atoms with Crippen LogP contribution in [0.4, 0.5) is 19.0 Å². The Balaban J connectivity index is 1.91. The van der Waals surface area contributed by atoms with Gasteiger partial charge in [-0.1, -0.05) is 11.6 Å². The minimum atomic E-state index is -4.61. The van der Waals surface area contributed by atoms with Gasteiger partial charge in [-0.3, -0.25) is 14.4 Å². The number of fused-ring (bicyclic) bond motifs is 1. The van der Waals surface area contributed by atoms with E-state index in [2.05, 4.69) is 20.3 Å². The molecule has 3 rings (SSSR count). The minimum absolute atomic E-state index is 0.0676. The van der Waals surface area contributed by atoms with Crippen LogP contribution in [0.2, 0.25) is 5.02 Å². The van der Waals surface area contributed by atoms with Crippen LogP contribution >= 0.6 is 11.6 Å². The first-order valence-corrected chi connectivity index (χ1v) is 7.33. The molecule has 0 aliphatic rings. The van der Waals surface area contributed by atoms with E-state index in [4.69, 9.17) is 11.6 Å². The summed E-state index contributed by atoms with van der Waals surface area (Å²) in [6.45, 7) is 0. The highest BCUT2D eigenvalue weighted by molar-refractivity contribution is 6.33. The Morgan fingerprint density at radius 3 is 2.35 bits per heavy atom. The Bertz CT molecular complexity index is 1140. The third-order valence-corrected chi connectivity index (χ3v) is 3.67. The standard InChI is InChI=1S/C15H8ClF3N4O3/c16-8-4-7(15(17,18)19)5-20-11(8)23-12(24)6-1-2-9-10(3-6)22-14(26)13(25)21-9/h1-5H,(H,21,25)(H,22,26)(H,20,23,24). The summed E-state index contributed by atoms with van der Waals surface area (Å²) < 4.78 is 37.8. The molecule has 2 aromatic heterocycles. The van der Waals surface area contributed by atoms with Crippen molar-refractivity contribution in [2.75, 3.05) is 5.32 Å². The molecule has 0 aliphatic carbocycles.